The number of nitrogens with one attached hydrogen (secondary N) is 2. The fourth-order valence-electron chi connectivity index (χ4n) is 2.56. The summed E-state index contributed by atoms with van der Waals surface area (Å²) < 4.78 is 26.5. The summed E-state index contributed by atoms with van der Waals surface area (Å²) in [6.07, 6.45) is 0. The number of hydrogen-bond donors (Lipinski definition) is 2. The molecule has 22 heavy (non-hydrogen) atoms. The van der Waals surface area contributed by atoms with Crippen LogP contribution in [0.1, 0.15) is 30.1 Å². The van der Waals surface area contributed by atoms with Gasteiger partial charge < -0.3 is 5.32 Å². The first-order chi connectivity index (χ1) is 10.5. The molecule has 0 spiro atoms. The van der Waals surface area contributed by atoms with E-state index in [1.54, 1.807) is 18.2 Å². The second-order valence-electron chi connectivity index (χ2n) is 5.23. The van der Waals surface area contributed by atoms with Gasteiger partial charge in [-0.2, -0.15) is 4.72 Å². The maximum absolute atomic E-state index is 12.4. The van der Waals surface area contributed by atoms with Gasteiger partial charge in [0.05, 0.1) is 10.9 Å². The zero-order valence-electron chi connectivity index (χ0n) is 12.0. The van der Waals surface area contributed by atoms with E-state index in [4.69, 9.17) is 0 Å². The predicted octanol–water partition coefficient (Wildman–Crippen LogP) is 1.90. The molecule has 6 heteroatoms. The molecule has 0 saturated heterocycles. The third kappa shape index (κ3) is 2.63. The van der Waals surface area contributed by atoms with E-state index in [2.05, 4.69) is 10.0 Å². The van der Waals surface area contributed by atoms with E-state index in [9.17, 15) is 13.2 Å². The predicted molar refractivity (Wildman–Crippen MR) is 82.5 cm³/mol. The Morgan fingerprint density at radius 3 is 2.45 bits per heavy atom. The van der Waals surface area contributed by atoms with Crippen molar-refractivity contribution in [1.82, 2.24) is 10.0 Å². The van der Waals surface area contributed by atoms with E-state index in [1.807, 2.05) is 37.3 Å². The van der Waals surface area contributed by atoms with Gasteiger partial charge in [0.25, 0.3) is 0 Å². The maximum Gasteiger partial charge on any atom is 0.243 e. The van der Waals surface area contributed by atoms with E-state index >= 15 is 0 Å². The van der Waals surface area contributed by atoms with Crippen LogP contribution in [-0.2, 0) is 14.8 Å². The molecule has 1 aliphatic heterocycles. The number of amides is 1. The van der Waals surface area contributed by atoms with Crippen molar-refractivity contribution in [2.24, 2.45) is 0 Å². The van der Waals surface area contributed by atoms with E-state index in [-0.39, 0.29) is 16.8 Å². The van der Waals surface area contributed by atoms with Crippen LogP contribution in [0, 0.1) is 0 Å². The quantitative estimate of drug-likeness (QED) is 0.908. The third-order valence-electron chi connectivity index (χ3n) is 3.71. The van der Waals surface area contributed by atoms with Gasteiger partial charge in [0.15, 0.2) is 0 Å². The van der Waals surface area contributed by atoms with E-state index in [0.29, 0.717) is 5.56 Å². The van der Waals surface area contributed by atoms with Crippen molar-refractivity contribution >= 4 is 15.9 Å². The van der Waals surface area contributed by atoms with Gasteiger partial charge >= 0.3 is 0 Å². The first-order valence-electron chi connectivity index (χ1n) is 6.95. The van der Waals surface area contributed by atoms with Gasteiger partial charge in [0.1, 0.15) is 6.04 Å². The van der Waals surface area contributed by atoms with Gasteiger partial charge in [0.2, 0.25) is 15.9 Å². The highest BCUT2D eigenvalue weighted by atomic mass is 32.2. The molecule has 5 nitrogen and oxygen atoms in total. The molecule has 2 aromatic rings. The summed E-state index contributed by atoms with van der Waals surface area (Å²) in [6.45, 7) is 1.86. The minimum Gasteiger partial charge on any atom is -0.348 e. The molecule has 0 bridgehead atoms. The lowest BCUT2D eigenvalue weighted by atomic mass is 10.1. The molecule has 3 rings (SSSR count). The summed E-state index contributed by atoms with van der Waals surface area (Å²) in [5, 5.41) is 2.85. The molecule has 1 aliphatic rings. The lowest BCUT2D eigenvalue weighted by Gasteiger charge is -2.17. The van der Waals surface area contributed by atoms with Crippen LogP contribution in [0.4, 0.5) is 0 Å². The fraction of sp³-hybridized carbons (Fsp3) is 0.188. The minimum atomic E-state index is -3.61. The van der Waals surface area contributed by atoms with Crippen molar-refractivity contribution in [2.45, 2.75) is 23.9 Å². The Bertz CT molecular complexity index is 803. The average molecular weight is 316 g/mol. The smallest absolute Gasteiger partial charge is 0.243 e. The normalized spacial score (nSPS) is 20.1. The summed E-state index contributed by atoms with van der Waals surface area (Å²) in [6, 6.07) is 15.0. The van der Waals surface area contributed by atoms with Gasteiger partial charge in [-0.05, 0) is 24.1 Å². The number of carbonyl (C=O) groups is 1. The van der Waals surface area contributed by atoms with Gasteiger partial charge in [0, 0.05) is 0 Å². The highest BCUT2D eigenvalue weighted by Crippen LogP contribution is 2.31. The Kier molecular flexibility index (Phi) is 3.72. The van der Waals surface area contributed by atoms with E-state index in [1.165, 1.54) is 6.07 Å². The number of benzene rings is 2. The summed E-state index contributed by atoms with van der Waals surface area (Å²) in [7, 11) is -3.61. The molecule has 0 radical (unpaired) electrons. The molecular weight excluding hydrogens is 300 g/mol. The van der Waals surface area contributed by atoms with Crippen LogP contribution >= 0.6 is 0 Å². The van der Waals surface area contributed by atoms with Crippen molar-refractivity contribution in [3.8, 4) is 0 Å². The van der Waals surface area contributed by atoms with Crippen LogP contribution in [0.3, 0.4) is 0 Å². The van der Waals surface area contributed by atoms with Gasteiger partial charge in [-0.1, -0.05) is 48.5 Å². The Morgan fingerprint density at radius 1 is 1.09 bits per heavy atom. The molecule has 1 heterocycles. The molecule has 1 amide bonds. The summed E-state index contributed by atoms with van der Waals surface area (Å²) in [5.74, 6) is -0.357. The fourth-order valence-corrected chi connectivity index (χ4v) is 3.99. The van der Waals surface area contributed by atoms with Crippen molar-refractivity contribution in [2.75, 3.05) is 0 Å². The second kappa shape index (κ2) is 5.55. The summed E-state index contributed by atoms with van der Waals surface area (Å²) >= 11 is 0. The molecule has 0 fully saturated rings. The zero-order chi connectivity index (χ0) is 15.7. The Morgan fingerprint density at radius 2 is 1.73 bits per heavy atom. The van der Waals surface area contributed by atoms with Crippen LogP contribution in [0.2, 0.25) is 0 Å². The van der Waals surface area contributed by atoms with Gasteiger partial charge in [-0.15, -0.1) is 0 Å². The largest absolute Gasteiger partial charge is 0.348 e. The van der Waals surface area contributed by atoms with Crippen molar-refractivity contribution < 1.29 is 13.2 Å². The monoisotopic (exact) mass is 316 g/mol. The number of carbonyl (C=O) groups excluding carboxylic acids is 1. The number of hydrogen-bond acceptors (Lipinski definition) is 3. The van der Waals surface area contributed by atoms with Crippen molar-refractivity contribution in [3.63, 3.8) is 0 Å². The maximum atomic E-state index is 12.4. The van der Waals surface area contributed by atoms with E-state index < -0.39 is 16.1 Å². The molecule has 0 unspecified atom stereocenters. The molecule has 0 saturated carbocycles. The Balaban J connectivity index is 1.83. The summed E-state index contributed by atoms with van der Waals surface area (Å²) in [4.78, 5) is 12.6. The van der Waals surface area contributed by atoms with Crippen LogP contribution in [0.5, 0.6) is 0 Å². The Hall–Kier alpha value is -2.18. The van der Waals surface area contributed by atoms with E-state index in [0.717, 1.165) is 5.56 Å². The highest BCUT2D eigenvalue weighted by Gasteiger charge is 2.38. The number of rotatable bonds is 3. The molecule has 0 aliphatic carbocycles. The molecular formula is C16H16N2O3S. The summed E-state index contributed by atoms with van der Waals surface area (Å²) in [5.41, 5.74) is 1.45. The first kappa shape index (κ1) is 14.7. The average Bonchev–Trinajstić information content (AvgIpc) is 2.80. The zero-order valence-corrected chi connectivity index (χ0v) is 12.8. The molecule has 2 aromatic carbocycles. The minimum absolute atomic E-state index is 0.169. The number of sulfonamides is 1. The topological polar surface area (TPSA) is 75.3 Å². The van der Waals surface area contributed by atoms with Crippen molar-refractivity contribution in [3.05, 3.63) is 65.7 Å². The third-order valence-corrected chi connectivity index (χ3v) is 5.21. The SMILES string of the molecule is C[C@H](NC(=O)[C@H]1NS(=O)(=O)c2ccccc21)c1ccccc1. The first-order valence-corrected chi connectivity index (χ1v) is 8.44. The molecule has 2 N–H and O–H groups in total. The molecule has 2 atom stereocenters. The standard InChI is InChI=1S/C16H16N2O3S/c1-11(12-7-3-2-4-8-12)17-16(19)15-13-9-5-6-10-14(13)22(20,21)18-15/h2-11,15,18H,1H3,(H,17,19)/t11-,15-/m0/s1. The van der Waals surface area contributed by atoms with Crippen LogP contribution in [0.15, 0.2) is 59.5 Å². The lowest BCUT2D eigenvalue weighted by molar-refractivity contribution is -0.123. The number of fused-ring (bicyclic) bond motifs is 1. The van der Waals surface area contributed by atoms with Crippen molar-refractivity contribution in [1.29, 1.82) is 0 Å². The van der Waals surface area contributed by atoms with Gasteiger partial charge in [-0.25, -0.2) is 8.42 Å². The van der Waals surface area contributed by atoms with Crippen LogP contribution in [0.25, 0.3) is 0 Å². The molecule has 114 valence electrons. The highest BCUT2D eigenvalue weighted by molar-refractivity contribution is 7.89. The van der Waals surface area contributed by atoms with Crippen LogP contribution in [-0.4, -0.2) is 14.3 Å². The van der Waals surface area contributed by atoms with Crippen LogP contribution < -0.4 is 10.0 Å². The van der Waals surface area contributed by atoms with Gasteiger partial charge in [-0.3, -0.25) is 4.79 Å². The molecule has 0 aromatic heterocycles. The second-order valence-corrected chi connectivity index (χ2v) is 6.92. The Labute approximate surface area is 129 Å². The lowest BCUT2D eigenvalue weighted by Crippen LogP contribution is -2.37.